The van der Waals surface area contributed by atoms with Crippen LogP contribution in [-0.4, -0.2) is 72.8 Å². The van der Waals surface area contributed by atoms with E-state index in [1.54, 1.807) is 29.2 Å². The summed E-state index contributed by atoms with van der Waals surface area (Å²) in [7, 11) is -3.61. The first-order valence-electron chi connectivity index (χ1n) is 12.0. The van der Waals surface area contributed by atoms with Crippen molar-refractivity contribution in [1.82, 2.24) is 30.2 Å². The number of hydrogen-bond acceptors (Lipinski definition) is 10. The summed E-state index contributed by atoms with van der Waals surface area (Å²) in [5.74, 6) is -0.583. The van der Waals surface area contributed by atoms with E-state index >= 15 is 0 Å². The van der Waals surface area contributed by atoms with Crippen molar-refractivity contribution >= 4 is 51.0 Å². The fourth-order valence-corrected chi connectivity index (χ4v) is 5.48. The van der Waals surface area contributed by atoms with Crippen LogP contribution < -0.4 is 26.8 Å². The maximum Gasteiger partial charge on any atom is 0.280 e. The van der Waals surface area contributed by atoms with Crippen LogP contribution in [0.4, 0.5) is 11.6 Å². The highest BCUT2D eigenvalue weighted by atomic mass is 35.5. The highest BCUT2D eigenvalue weighted by molar-refractivity contribution is 7.89. The number of benzene rings is 1. The molecule has 1 spiro atoms. The molecule has 0 radical (unpaired) electrons. The number of piperidine rings is 1. The minimum atomic E-state index is -3.61. The van der Waals surface area contributed by atoms with E-state index in [1.807, 2.05) is 6.92 Å². The molecule has 13 nitrogen and oxygen atoms in total. The summed E-state index contributed by atoms with van der Waals surface area (Å²) < 4.78 is 27.3. The Kier molecular flexibility index (Phi) is 8.04. The topological polar surface area (TPSA) is 198 Å². The summed E-state index contributed by atoms with van der Waals surface area (Å²) in [5, 5.41) is 5.76. The third-order valence-electron chi connectivity index (χ3n) is 6.54. The molecule has 1 aromatic carbocycles. The number of halogens is 1. The Labute approximate surface area is 225 Å². The molecule has 38 heavy (non-hydrogen) atoms. The van der Waals surface area contributed by atoms with Gasteiger partial charge in [0.25, 0.3) is 5.91 Å². The van der Waals surface area contributed by atoms with E-state index in [-0.39, 0.29) is 57.7 Å². The van der Waals surface area contributed by atoms with Crippen molar-refractivity contribution < 1.29 is 18.0 Å². The lowest BCUT2D eigenvalue weighted by Crippen LogP contribution is -2.57. The van der Waals surface area contributed by atoms with Gasteiger partial charge >= 0.3 is 0 Å². The van der Waals surface area contributed by atoms with Crippen molar-refractivity contribution in [3.63, 3.8) is 0 Å². The number of nitrogens with zero attached hydrogens (tertiary/aromatic N) is 4. The Hall–Kier alpha value is -3.49. The van der Waals surface area contributed by atoms with Crippen LogP contribution in [0.3, 0.4) is 0 Å². The average molecular weight is 564 g/mol. The molecule has 2 aromatic rings. The highest BCUT2D eigenvalue weighted by Crippen LogP contribution is 2.26. The Bertz CT molecular complexity index is 1360. The SMILES string of the molecule is Cc1ccc(S(=O)(=O)NCCCC(=O)N2CCC3(CC2)CN=C(NC(=O)c2nc(Cl)c(N)nc2N)N3)cc1. The maximum absolute atomic E-state index is 12.7. The predicted molar refractivity (Wildman–Crippen MR) is 143 cm³/mol. The van der Waals surface area contributed by atoms with Gasteiger partial charge in [0, 0.05) is 26.1 Å². The fourth-order valence-electron chi connectivity index (χ4n) is 4.28. The van der Waals surface area contributed by atoms with Crippen molar-refractivity contribution in [1.29, 1.82) is 0 Å². The van der Waals surface area contributed by atoms with Crippen LogP contribution in [0.15, 0.2) is 34.2 Å². The second kappa shape index (κ2) is 11.1. The highest BCUT2D eigenvalue weighted by Gasteiger charge is 2.40. The molecule has 0 aliphatic carbocycles. The third kappa shape index (κ3) is 6.31. The molecule has 15 heteroatoms. The molecule has 0 bridgehead atoms. The Morgan fingerprint density at radius 2 is 1.82 bits per heavy atom. The number of aliphatic imine (C=N–C) groups is 1. The summed E-state index contributed by atoms with van der Waals surface area (Å²) in [6, 6.07) is 6.59. The number of guanidine groups is 1. The van der Waals surface area contributed by atoms with Gasteiger partial charge in [0.15, 0.2) is 28.4 Å². The standard InChI is InChI=1S/C23H30ClN9O4S/c1-14-4-6-15(7-5-14)38(36,37)28-10-2-3-16(34)33-11-8-23(9-12-33)13-27-22(32-23)31-21(35)17-19(25)30-20(26)18(24)29-17/h4-7,28H,2-3,8-13H2,1H3,(H4,25,26,30)(H2,27,31,32,35). The maximum atomic E-state index is 12.7. The molecular formula is C23H30ClN9O4S. The van der Waals surface area contributed by atoms with Crippen LogP contribution in [-0.2, 0) is 14.8 Å². The van der Waals surface area contributed by atoms with Gasteiger partial charge in [-0.3, -0.25) is 19.9 Å². The summed E-state index contributed by atoms with van der Waals surface area (Å²) in [5.41, 5.74) is 11.7. The molecule has 0 saturated carbocycles. The van der Waals surface area contributed by atoms with Gasteiger partial charge in [-0.05, 0) is 38.3 Å². The van der Waals surface area contributed by atoms with Gasteiger partial charge in [0.2, 0.25) is 15.9 Å². The lowest BCUT2D eigenvalue weighted by Gasteiger charge is -2.39. The number of amides is 2. The van der Waals surface area contributed by atoms with Gasteiger partial charge in [-0.1, -0.05) is 29.3 Å². The van der Waals surface area contributed by atoms with E-state index in [2.05, 4.69) is 30.3 Å². The second-order valence-corrected chi connectivity index (χ2v) is 11.5. The summed E-state index contributed by atoms with van der Waals surface area (Å²) in [4.78, 5) is 39.3. The van der Waals surface area contributed by atoms with Crippen molar-refractivity contribution in [3.05, 3.63) is 40.7 Å². The Balaban J connectivity index is 1.20. The van der Waals surface area contributed by atoms with E-state index < -0.39 is 15.9 Å². The average Bonchev–Trinajstić information content (AvgIpc) is 3.26. The van der Waals surface area contributed by atoms with Crippen molar-refractivity contribution in [2.24, 2.45) is 4.99 Å². The molecule has 0 unspecified atom stereocenters. The lowest BCUT2D eigenvalue weighted by molar-refractivity contribution is -0.132. The number of aromatic nitrogens is 2. The van der Waals surface area contributed by atoms with Gasteiger partial charge < -0.3 is 21.7 Å². The van der Waals surface area contributed by atoms with Gasteiger partial charge in [-0.15, -0.1) is 0 Å². The van der Waals surface area contributed by atoms with Crippen LogP contribution in [0.2, 0.25) is 5.15 Å². The first-order valence-corrected chi connectivity index (χ1v) is 13.9. The predicted octanol–water partition coefficient (Wildman–Crippen LogP) is 0.412. The summed E-state index contributed by atoms with van der Waals surface area (Å²) in [6.07, 6.45) is 1.90. The van der Waals surface area contributed by atoms with Crippen LogP contribution in [0.5, 0.6) is 0 Å². The van der Waals surface area contributed by atoms with Crippen LogP contribution >= 0.6 is 11.6 Å². The summed E-state index contributed by atoms with van der Waals surface area (Å²) in [6.45, 7) is 3.53. The van der Waals surface area contributed by atoms with Gasteiger partial charge in [0.05, 0.1) is 17.0 Å². The number of carbonyl (C=O) groups is 2. The van der Waals surface area contributed by atoms with Gasteiger partial charge in [-0.2, -0.15) is 0 Å². The number of nitrogen functional groups attached to an aromatic ring is 2. The zero-order valence-corrected chi connectivity index (χ0v) is 22.4. The smallest absolute Gasteiger partial charge is 0.280 e. The molecule has 0 atom stereocenters. The van der Waals surface area contributed by atoms with E-state index in [9.17, 15) is 18.0 Å². The summed E-state index contributed by atoms with van der Waals surface area (Å²) >= 11 is 5.85. The van der Waals surface area contributed by atoms with Crippen molar-refractivity contribution in [2.45, 2.75) is 43.0 Å². The molecule has 2 aliphatic rings. The molecule has 7 N–H and O–H groups in total. The van der Waals surface area contributed by atoms with Crippen molar-refractivity contribution in [3.8, 4) is 0 Å². The van der Waals surface area contributed by atoms with Crippen molar-refractivity contribution in [2.75, 3.05) is 37.6 Å². The number of carbonyl (C=O) groups excluding carboxylic acids is 2. The Morgan fingerprint density at radius 3 is 2.50 bits per heavy atom. The van der Waals surface area contributed by atoms with E-state index in [4.69, 9.17) is 23.1 Å². The van der Waals surface area contributed by atoms with E-state index in [1.165, 1.54) is 0 Å². The normalized spacial score (nSPS) is 16.7. The van der Waals surface area contributed by atoms with Gasteiger partial charge in [0.1, 0.15) is 0 Å². The molecule has 204 valence electrons. The fraction of sp³-hybridized carbons (Fsp3) is 0.435. The first-order chi connectivity index (χ1) is 18.0. The van der Waals surface area contributed by atoms with Gasteiger partial charge in [-0.25, -0.2) is 23.1 Å². The number of nitrogens with two attached hydrogens (primary N) is 2. The molecular weight excluding hydrogens is 534 g/mol. The number of rotatable bonds is 7. The third-order valence-corrected chi connectivity index (χ3v) is 8.29. The quantitative estimate of drug-likeness (QED) is 0.296. The Morgan fingerprint density at radius 1 is 1.13 bits per heavy atom. The van der Waals surface area contributed by atoms with Crippen LogP contribution in [0.25, 0.3) is 0 Å². The first kappa shape index (κ1) is 27.5. The largest absolute Gasteiger partial charge is 0.382 e. The number of hydrogen-bond donors (Lipinski definition) is 5. The number of sulfonamides is 1. The number of likely N-dealkylation sites (tertiary alicyclic amines) is 1. The molecule has 2 amide bonds. The zero-order chi connectivity index (χ0) is 27.5. The van der Waals surface area contributed by atoms with Crippen LogP contribution in [0.1, 0.15) is 41.7 Å². The molecule has 3 heterocycles. The monoisotopic (exact) mass is 563 g/mol. The lowest BCUT2D eigenvalue weighted by atomic mass is 9.88. The molecule has 4 rings (SSSR count). The number of nitrogens with one attached hydrogen (secondary N) is 3. The van der Waals surface area contributed by atoms with E-state index in [0.717, 1.165) is 5.56 Å². The molecule has 1 fully saturated rings. The number of aryl methyl sites for hydroxylation is 1. The number of anilines is 2. The molecule has 2 aliphatic heterocycles. The van der Waals surface area contributed by atoms with E-state index in [0.29, 0.717) is 38.9 Å². The molecule has 1 aromatic heterocycles. The van der Waals surface area contributed by atoms with Crippen LogP contribution in [0, 0.1) is 6.92 Å². The second-order valence-electron chi connectivity index (χ2n) is 9.35. The minimum absolute atomic E-state index is 0.0314. The minimum Gasteiger partial charge on any atom is -0.382 e. The zero-order valence-electron chi connectivity index (χ0n) is 20.8. The molecule has 1 saturated heterocycles.